The largest absolute Gasteiger partial charge is 0.488 e. The summed E-state index contributed by atoms with van der Waals surface area (Å²) < 4.78 is 42.8. The molecule has 1 aromatic heterocycles. The van der Waals surface area contributed by atoms with Crippen molar-refractivity contribution >= 4 is 12.4 Å². The summed E-state index contributed by atoms with van der Waals surface area (Å²) in [5, 5.41) is 3.26. The van der Waals surface area contributed by atoms with E-state index in [1.54, 1.807) is 0 Å². The van der Waals surface area contributed by atoms with Crippen molar-refractivity contribution in [3.8, 4) is 5.75 Å². The predicted molar refractivity (Wildman–Crippen MR) is 50.0 cm³/mol. The van der Waals surface area contributed by atoms with Crippen LogP contribution >= 0.6 is 12.4 Å². The van der Waals surface area contributed by atoms with E-state index in [1.165, 1.54) is 13.2 Å². The number of nitrogens with two attached hydrogens (primary N) is 1. The number of rotatable bonds is 3. The molecule has 0 aliphatic carbocycles. The van der Waals surface area contributed by atoms with Gasteiger partial charge in [0.15, 0.2) is 5.75 Å². The molecular weight excluding hydrogens is 235 g/mol. The van der Waals surface area contributed by atoms with Gasteiger partial charge < -0.3 is 10.5 Å². The van der Waals surface area contributed by atoms with Gasteiger partial charge in [0, 0.05) is 13.6 Å². The molecule has 0 saturated heterocycles. The van der Waals surface area contributed by atoms with Crippen LogP contribution in [0.15, 0.2) is 6.20 Å². The van der Waals surface area contributed by atoms with Crippen LogP contribution in [0.3, 0.4) is 0 Å². The molecule has 0 spiro atoms. The van der Waals surface area contributed by atoms with Crippen molar-refractivity contribution < 1.29 is 17.9 Å². The predicted octanol–water partition coefficient (Wildman–Crippen LogP) is 1.20. The second-order valence-corrected chi connectivity index (χ2v) is 2.65. The molecule has 1 aromatic rings. The lowest BCUT2D eigenvalue weighted by Crippen LogP contribution is -2.13. The molecule has 8 heteroatoms. The third-order valence-corrected chi connectivity index (χ3v) is 1.44. The van der Waals surface area contributed by atoms with Gasteiger partial charge in [-0.3, -0.25) is 4.68 Å². The Bertz CT molecular complexity index is 313. The molecule has 2 N–H and O–H groups in total. The highest BCUT2D eigenvalue weighted by Crippen LogP contribution is 2.34. The quantitative estimate of drug-likeness (QED) is 0.871. The first-order valence-corrected chi connectivity index (χ1v) is 3.89. The van der Waals surface area contributed by atoms with Crippen molar-refractivity contribution in [3.05, 3.63) is 11.9 Å². The fourth-order valence-corrected chi connectivity index (χ4v) is 0.938. The van der Waals surface area contributed by atoms with Crippen LogP contribution in [0.5, 0.6) is 5.75 Å². The van der Waals surface area contributed by atoms with Gasteiger partial charge in [0.1, 0.15) is 6.61 Å². The first-order chi connectivity index (χ1) is 6.45. The number of hydrogen-bond acceptors (Lipinski definition) is 3. The van der Waals surface area contributed by atoms with Crippen molar-refractivity contribution in [2.24, 2.45) is 12.8 Å². The Balaban J connectivity index is 0.00000196. The molecule has 0 aliphatic rings. The molecule has 0 atom stereocenters. The van der Waals surface area contributed by atoms with Crippen molar-refractivity contribution in [2.45, 2.75) is 6.18 Å². The maximum atomic E-state index is 12.3. The Morgan fingerprint density at radius 3 is 2.60 bits per heavy atom. The lowest BCUT2D eigenvalue weighted by atomic mass is 10.4. The first kappa shape index (κ1) is 14.1. The fraction of sp³-hybridized carbons (Fsp3) is 0.571. The zero-order valence-electron chi connectivity index (χ0n) is 7.91. The number of aromatic nitrogens is 2. The van der Waals surface area contributed by atoms with E-state index in [1.807, 2.05) is 0 Å². The first-order valence-electron chi connectivity index (χ1n) is 3.89. The van der Waals surface area contributed by atoms with E-state index in [2.05, 4.69) is 5.10 Å². The molecule has 0 amide bonds. The van der Waals surface area contributed by atoms with E-state index in [-0.39, 0.29) is 31.3 Å². The normalized spacial score (nSPS) is 11.0. The number of hydrogen-bond donors (Lipinski definition) is 1. The second-order valence-electron chi connectivity index (χ2n) is 2.65. The Morgan fingerprint density at radius 2 is 2.13 bits per heavy atom. The number of halogens is 4. The molecule has 0 unspecified atom stereocenters. The van der Waals surface area contributed by atoms with Gasteiger partial charge in [-0.1, -0.05) is 0 Å². The Kier molecular flexibility index (Phi) is 4.89. The van der Waals surface area contributed by atoms with Gasteiger partial charge in [-0.2, -0.15) is 18.3 Å². The standard InChI is InChI=1S/C7H10F3N3O.ClH/c1-13-4-5(14-3-2-11)6(12-13)7(8,9)10;/h4H,2-3,11H2,1H3;1H. The Morgan fingerprint density at radius 1 is 1.53 bits per heavy atom. The summed E-state index contributed by atoms with van der Waals surface area (Å²) in [7, 11) is 1.39. The fourth-order valence-electron chi connectivity index (χ4n) is 0.938. The zero-order chi connectivity index (χ0) is 10.8. The van der Waals surface area contributed by atoms with Crippen LogP contribution in [0.25, 0.3) is 0 Å². The zero-order valence-corrected chi connectivity index (χ0v) is 8.73. The number of nitrogens with zero attached hydrogens (tertiary/aromatic N) is 2. The summed E-state index contributed by atoms with van der Waals surface area (Å²) in [6.07, 6.45) is -3.33. The second kappa shape index (κ2) is 5.22. The van der Waals surface area contributed by atoms with Gasteiger partial charge in [-0.05, 0) is 0 Å². The third-order valence-electron chi connectivity index (χ3n) is 1.44. The minimum Gasteiger partial charge on any atom is -0.488 e. The molecule has 0 fully saturated rings. The van der Waals surface area contributed by atoms with Gasteiger partial charge >= 0.3 is 6.18 Å². The van der Waals surface area contributed by atoms with Crippen LogP contribution in [0.1, 0.15) is 5.69 Å². The average Bonchev–Trinajstić information content (AvgIpc) is 2.42. The average molecular weight is 246 g/mol. The van der Waals surface area contributed by atoms with E-state index in [9.17, 15) is 13.2 Å². The highest BCUT2D eigenvalue weighted by Gasteiger charge is 2.38. The summed E-state index contributed by atoms with van der Waals surface area (Å²) in [6.45, 7) is 0.195. The summed E-state index contributed by atoms with van der Waals surface area (Å²) in [6, 6.07) is 0. The molecule has 0 radical (unpaired) electrons. The van der Waals surface area contributed by atoms with Gasteiger partial charge in [-0.15, -0.1) is 12.4 Å². The summed E-state index contributed by atoms with van der Waals surface area (Å²) in [5.41, 5.74) is 4.09. The van der Waals surface area contributed by atoms with Gasteiger partial charge in [0.05, 0.1) is 6.20 Å². The maximum Gasteiger partial charge on any atom is 0.438 e. The van der Waals surface area contributed by atoms with Crippen LogP contribution in [0, 0.1) is 0 Å². The Labute approximate surface area is 90.6 Å². The van der Waals surface area contributed by atoms with E-state index in [0.29, 0.717) is 0 Å². The molecule has 1 heterocycles. The van der Waals surface area contributed by atoms with Crippen molar-refractivity contribution in [1.82, 2.24) is 9.78 Å². The lowest BCUT2D eigenvalue weighted by Gasteiger charge is -2.06. The van der Waals surface area contributed by atoms with Crippen molar-refractivity contribution in [3.63, 3.8) is 0 Å². The topological polar surface area (TPSA) is 53.1 Å². The minimum atomic E-state index is -4.49. The number of alkyl halides is 3. The summed E-state index contributed by atoms with van der Waals surface area (Å²) in [4.78, 5) is 0. The molecule has 0 aromatic carbocycles. The molecule has 0 saturated carbocycles. The van der Waals surface area contributed by atoms with Crippen molar-refractivity contribution in [2.75, 3.05) is 13.2 Å². The highest BCUT2D eigenvalue weighted by molar-refractivity contribution is 5.85. The Hall–Kier alpha value is -0.950. The van der Waals surface area contributed by atoms with E-state index < -0.39 is 11.9 Å². The van der Waals surface area contributed by atoms with E-state index in [0.717, 1.165) is 4.68 Å². The van der Waals surface area contributed by atoms with Crippen molar-refractivity contribution in [1.29, 1.82) is 0 Å². The van der Waals surface area contributed by atoms with Crippen LogP contribution < -0.4 is 10.5 Å². The van der Waals surface area contributed by atoms with Crippen LogP contribution in [0.4, 0.5) is 13.2 Å². The summed E-state index contributed by atoms with van der Waals surface area (Å²) in [5.74, 6) is -0.287. The van der Waals surface area contributed by atoms with E-state index in [4.69, 9.17) is 10.5 Å². The highest BCUT2D eigenvalue weighted by atomic mass is 35.5. The SMILES string of the molecule is Cl.Cn1cc(OCCN)c(C(F)(F)F)n1. The lowest BCUT2D eigenvalue weighted by molar-refractivity contribution is -0.142. The van der Waals surface area contributed by atoms with E-state index >= 15 is 0 Å². The third kappa shape index (κ3) is 3.60. The van der Waals surface area contributed by atoms with Crippen LogP contribution in [-0.2, 0) is 13.2 Å². The van der Waals surface area contributed by atoms with Gasteiger partial charge in [-0.25, -0.2) is 0 Å². The number of ether oxygens (including phenoxy) is 1. The maximum absolute atomic E-state index is 12.3. The number of aryl methyl sites for hydroxylation is 1. The molecule has 0 aliphatic heterocycles. The molecule has 4 nitrogen and oxygen atoms in total. The monoisotopic (exact) mass is 245 g/mol. The van der Waals surface area contributed by atoms with Crippen LogP contribution in [0.2, 0.25) is 0 Å². The smallest absolute Gasteiger partial charge is 0.438 e. The molecule has 1 rings (SSSR count). The molecule has 0 bridgehead atoms. The van der Waals surface area contributed by atoms with Gasteiger partial charge in [0.25, 0.3) is 0 Å². The minimum absolute atomic E-state index is 0. The van der Waals surface area contributed by atoms with Crippen LogP contribution in [-0.4, -0.2) is 22.9 Å². The molecule has 15 heavy (non-hydrogen) atoms. The molecular formula is C7H11ClF3N3O. The summed E-state index contributed by atoms with van der Waals surface area (Å²) >= 11 is 0. The molecule has 88 valence electrons. The van der Waals surface area contributed by atoms with Gasteiger partial charge in [0.2, 0.25) is 5.69 Å².